The van der Waals surface area contributed by atoms with E-state index in [1.54, 1.807) is 0 Å². The summed E-state index contributed by atoms with van der Waals surface area (Å²) >= 11 is 0. The van der Waals surface area contributed by atoms with E-state index in [0.29, 0.717) is 24.6 Å². The Morgan fingerprint density at radius 1 is 1.58 bits per heavy atom. The number of aryl methyl sites for hydroxylation is 1. The van der Waals surface area contributed by atoms with Crippen molar-refractivity contribution in [2.24, 2.45) is 0 Å². The first-order valence-corrected chi connectivity index (χ1v) is 6.90. The lowest BCUT2D eigenvalue weighted by Gasteiger charge is -2.34. The first-order chi connectivity index (χ1) is 9.08. The molecule has 2 heterocycles. The summed E-state index contributed by atoms with van der Waals surface area (Å²) < 4.78 is 5.15. The average molecular weight is 266 g/mol. The lowest BCUT2D eigenvalue weighted by Crippen LogP contribution is -2.52. The molecule has 1 aromatic rings. The lowest BCUT2D eigenvalue weighted by atomic mass is 10.2. The van der Waals surface area contributed by atoms with E-state index in [1.165, 1.54) is 0 Å². The third-order valence-corrected chi connectivity index (χ3v) is 3.37. The summed E-state index contributed by atoms with van der Waals surface area (Å²) in [5.41, 5.74) is 0. The van der Waals surface area contributed by atoms with Crippen LogP contribution >= 0.6 is 0 Å². The Hall–Kier alpha value is -1.43. The van der Waals surface area contributed by atoms with Crippen molar-refractivity contribution < 1.29 is 9.32 Å². The van der Waals surface area contributed by atoms with Crippen LogP contribution < -0.4 is 5.32 Å². The maximum atomic E-state index is 12.1. The minimum atomic E-state index is 0.165. The van der Waals surface area contributed by atoms with Crippen molar-refractivity contribution in [3.05, 3.63) is 11.7 Å². The fourth-order valence-corrected chi connectivity index (χ4v) is 2.17. The second kappa shape index (κ2) is 6.14. The first kappa shape index (κ1) is 14.0. The quantitative estimate of drug-likeness (QED) is 0.878. The molecule has 1 fully saturated rings. The zero-order valence-electron chi connectivity index (χ0n) is 11.8. The van der Waals surface area contributed by atoms with Crippen LogP contribution in [0.1, 0.15) is 44.8 Å². The molecule has 1 amide bonds. The maximum absolute atomic E-state index is 12.1. The van der Waals surface area contributed by atoms with Crippen LogP contribution in [-0.4, -0.2) is 46.6 Å². The fourth-order valence-electron chi connectivity index (χ4n) is 2.17. The van der Waals surface area contributed by atoms with E-state index in [-0.39, 0.29) is 17.9 Å². The fraction of sp³-hybridized carbons (Fsp3) is 0.769. The van der Waals surface area contributed by atoms with Gasteiger partial charge in [0.25, 0.3) is 0 Å². The Balaban J connectivity index is 1.85. The van der Waals surface area contributed by atoms with Crippen molar-refractivity contribution >= 4 is 5.91 Å². The van der Waals surface area contributed by atoms with Crippen LogP contribution in [-0.2, 0) is 11.2 Å². The molecule has 1 saturated heterocycles. The van der Waals surface area contributed by atoms with E-state index in [2.05, 4.69) is 22.4 Å². The summed E-state index contributed by atoms with van der Waals surface area (Å²) in [6.07, 6.45) is 0.958. The van der Waals surface area contributed by atoms with Gasteiger partial charge in [-0.15, -0.1) is 0 Å². The number of nitrogens with one attached hydrogen (secondary N) is 1. The molecule has 1 aromatic heterocycles. The van der Waals surface area contributed by atoms with Crippen LogP contribution in [0.15, 0.2) is 4.52 Å². The highest BCUT2D eigenvalue weighted by molar-refractivity contribution is 5.76. The van der Waals surface area contributed by atoms with Gasteiger partial charge in [0.05, 0.1) is 0 Å². The number of aromatic nitrogens is 2. The van der Waals surface area contributed by atoms with Gasteiger partial charge < -0.3 is 14.7 Å². The molecule has 2 rings (SSSR count). The highest BCUT2D eigenvalue weighted by Gasteiger charge is 2.23. The molecular formula is C13H22N4O2. The van der Waals surface area contributed by atoms with Gasteiger partial charge in [-0.05, 0) is 6.92 Å². The minimum absolute atomic E-state index is 0.165. The molecule has 1 aliphatic rings. The van der Waals surface area contributed by atoms with Crippen LogP contribution in [0.4, 0.5) is 0 Å². The average Bonchev–Trinajstić information content (AvgIpc) is 2.85. The van der Waals surface area contributed by atoms with E-state index < -0.39 is 0 Å². The monoisotopic (exact) mass is 266 g/mol. The number of piperazine rings is 1. The SMILES string of the molecule is CC(C)c1noc(CCC(=O)N2CCNC[C@H]2C)n1. The Bertz CT molecular complexity index is 430. The summed E-state index contributed by atoms with van der Waals surface area (Å²) in [5, 5.41) is 7.17. The second-order valence-corrected chi connectivity index (χ2v) is 5.34. The molecule has 6 heteroatoms. The Morgan fingerprint density at radius 2 is 2.37 bits per heavy atom. The van der Waals surface area contributed by atoms with E-state index in [4.69, 9.17) is 4.52 Å². The zero-order chi connectivity index (χ0) is 13.8. The van der Waals surface area contributed by atoms with E-state index in [1.807, 2.05) is 18.7 Å². The number of carbonyl (C=O) groups excluding carboxylic acids is 1. The van der Waals surface area contributed by atoms with Crippen LogP contribution in [0.25, 0.3) is 0 Å². The van der Waals surface area contributed by atoms with Crippen molar-refractivity contribution in [3.8, 4) is 0 Å². The summed E-state index contributed by atoms with van der Waals surface area (Å²) in [6.45, 7) is 8.61. The van der Waals surface area contributed by atoms with Crippen molar-refractivity contribution in [3.63, 3.8) is 0 Å². The van der Waals surface area contributed by atoms with Gasteiger partial charge in [-0.1, -0.05) is 19.0 Å². The molecule has 0 bridgehead atoms. The molecule has 0 aliphatic carbocycles. The first-order valence-electron chi connectivity index (χ1n) is 6.90. The highest BCUT2D eigenvalue weighted by Crippen LogP contribution is 2.12. The molecular weight excluding hydrogens is 244 g/mol. The number of hydrogen-bond acceptors (Lipinski definition) is 5. The number of nitrogens with zero attached hydrogens (tertiary/aromatic N) is 3. The van der Waals surface area contributed by atoms with Gasteiger partial charge in [-0.25, -0.2) is 0 Å². The molecule has 0 unspecified atom stereocenters. The summed E-state index contributed by atoms with van der Waals surface area (Å²) in [6, 6.07) is 0.259. The molecule has 0 saturated carbocycles. The van der Waals surface area contributed by atoms with Crippen molar-refractivity contribution in [1.29, 1.82) is 0 Å². The lowest BCUT2D eigenvalue weighted by molar-refractivity contribution is -0.134. The third kappa shape index (κ3) is 3.53. The normalized spacial score (nSPS) is 20.0. The van der Waals surface area contributed by atoms with Gasteiger partial charge in [0.1, 0.15) is 0 Å². The Morgan fingerprint density at radius 3 is 3.00 bits per heavy atom. The van der Waals surface area contributed by atoms with Crippen LogP contribution in [0, 0.1) is 0 Å². The molecule has 0 aromatic carbocycles. The van der Waals surface area contributed by atoms with Gasteiger partial charge in [0, 0.05) is 44.4 Å². The van der Waals surface area contributed by atoms with Crippen LogP contribution in [0.5, 0.6) is 0 Å². The molecule has 1 atom stereocenters. The van der Waals surface area contributed by atoms with Gasteiger partial charge in [0.2, 0.25) is 11.8 Å². The predicted octanol–water partition coefficient (Wildman–Crippen LogP) is 0.946. The van der Waals surface area contributed by atoms with Crippen molar-refractivity contribution in [2.75, 3.05) is 19.6 Å². The number of hydrogen-bond donors (Lipinski definition) is 1. The Labute approximate surface area is 113 Å². The minimum Gasteiger partial charge on any atom is -0.339 e. The predicted molar refractivity (Wildman–Crippen MR) is 70.8 cm³/mol. The summed E-state index contributed by atoms with van der Waals surface area (Å²) in [7, 11) is 0. The van der Waals surface area contributed by atoms with Gasteiger partial charge in [0.15, 0.2) is 5.82 Å². The van der Waals surface area contributed by atoms with Crippen molar-refractivity contribution in [1.82, 2.24) is 20.4 Å². The molecule has 1 aliphatic heterocycles. The van der Waals surface area contributed by atoms with Gasteiger partial charge in [-0.2, -0.15) is 4.98 Å². The molecule has 0 radical (unpaired) electrons. The summed E-state index contributed by atoms with van der Waals surface area (Å²) in [4.78, 5) is 18.3. The standard InChI is InChI=1S/C13H22N4O2/c1-9(2)13-15-11(19-16-13)4-5-12(18)17-7-6-14-8-10(17)3/h9-10,14H,4-8H2,1-3H3/t10-/m1/s1. The van der Waals surface area contributed by atoms with Gasteiger partial charge >= 0.3 is 0 Å². The topological polar surface area (TPSA) is 71.3 Å². The third-order valence-electron chi connectivity index (χ3n) is 3.37. The largest absolute Gasteiger partial charge is 0.339 e. The van der Waals surface area contributed by atoms with E-state index >= 15 is 0 Å². The van der Waals surface area contributed by atoms with Crippen LogP contribution in [0.2, 0.25) is 0 Å². The summed E-state index contributed by atoms with van der Waals surface area (Å²) in [5.74, 6) is 1.68. The smallest absolute Gasteiger partial charge is 0.227 e. The molecule has 1 N–H and O–H groups in total. The molecule has 0 spiro atoms. The molecule has 106 valence electrons. The van der Waals surface area contributed by atoms with E-state index in [9.17, 15) is 4.79 Å². The maximum Gasteiger partial charge on any atom is 0.227 e. The highest BCUT2D eigenvalue weighted by atomic mass is 16.5. The zero-order valence-corrected chi connectivity index (χ0v) is 11.8. The van der Waals surface area contributed by atoms with Crippen LogP contribution in [0.3, 0.4) is 0 Å². The van der Waals surface area contributed by atoms with E-state index in [0.717, 1.165) is 19.6 Å². The molecule has 6 nitrogen and oxygen atoms in total. The number of rotatable bonds is 4. The second-order valence-electron chi connectivity index (χ2n) is 5.34. The van der Waals surface area contributed by atoms with Gasteiger partial charge in [-0.3, -0.25) is 4.79 Å². The van der Waals surface area contributed by atoms with Crippen molar-refractivity contribution in [2.45, 2.75) is 45.6 Å². The number of carbonyl (C=O) groups is 1. The Kier molecular flexibility index (Phi) is 4.52. The molecule has 19 heavy (non-hydrogen) atoms. The number of amides is 1.